The highest BCUT2D eigenvalue weighted by molar-refractivity contribution is 9.10. The Hall–Kier alpha value is -2.20. The molecule has 0 atom stereocenters. The van der Waals surface area contributed by atoms with Gasteiger partial charge in [-0.05, 0) is 18.2 Å². The van der Waals surface area contributed by atoms with Crippen LogP contribution in [0.25, 0.3) is 5.69 Å². The van der Waals surface area contributed by atoms with E-state index in [1.165, 1.54) is 24.5 Å². The molecule has 19 heavy (non-hydrogen) atoms. The van der Waals surface area contributed by atoms with Gasteiger partial charge in [-0.2, -0.15) is 5.26 Å². The molecule has 0 saturated carbocycles. The molecule has 0 amide bonds. The van der Waals surface area contributed by atoms with E-state index < -0.39 is 16.9 Å². The summed E-state index contributed by atoms with van der Waals surface area (Å²) >= 11 is 3.10. The van der Waals surface area contributed by atoms with Crippen molar-refractivity contribution in [3.05, 3.63) is 61.6 Å². The molecule has 7 heteroatoms. The summed E-state index contributed by atoms with van der Waals surface area (Å²) in [6.45, 7) is -0.224. The van der Waals surface area contributed by atoms with Crippen LogP contribution in [0.1, 0.15) is 0 Å². The highest BCUT2D eigenvalue weighted by Crippen LogP contribution is 2.17. The van der Waals surface area contributed by atoms with Crippen LogP contribution in [-0.4, -0.2) is 9.13 Å². The average Bonchev–Trinajstić information content (AvgIpc) is 2.37. The van der Waals surface area contributed by atoms with Gasteiger partial charge < -0.3 is 0 Å². The summed E-state index contributed by atoms with van der Waals surface area (Å²) in [5.41, 5.74) is -1.79. The van der Waals surface area contributed by atoms with Gasteiger partial charge in [-0.1, -0.05) is 15.9 Å². The van der Waals surface area contributed by atoms with Crippen LogP contribution < -0.4 is 11.1 Å². The third-order valence-electron chi connectivity index (χ3n) is 2.47. The van der Waals surface area contributed by atoms with E-state index in [4.69, 9.17) is 5.26 Å². The second-order valence-electron chi connectivity index (χ2n) is 3.66. The molecule has 5 nitrogen and oxygen atoms in total. The van der Waals surface area contributed by atoms with Crippen LogP contribution in [0.2, 0.25) is 0 Å². The molecule has 2 rings (SSSR count). The average molecular weight is 324 g/mol. The van der Waals surface area contributed by atoms with Crippen molar-refractivity contribution in [3.8, 4) is 11.8 Å². The van der Waals surface area contributed by atoms with Crippen molar-refractivity contribution >= 4 is 15.9 Å². The number of hydrogen-bond donors (Lipinski definition) is 0. The molecule has 0 unspecified atom stereocenters. The summed E-state index contributed by atoms with van der Waals surface area (Å²) in [7, 11) is 0. The van der Waals surface area contributed by atoms with E-state index in [1.807, 2.05) is 0 Å². The largest absolute Gasteiger partial charge is 0.321 e. The summed E-state index contributed by atoms with van der Waals surface area (Å²) in [4.78, 5) is 23.5. The first kappa shape index (κ1) is 13.2. The lowest BCUT2D eigenvalue weighted by Gasteiger charge is -2.08. The van der Waals surface area contributed by atoms with Gasteiger partial charge >= 0.3 is 11.1 Å². The third-order valence-corrected chi connectivity index (χ3v) is 2.96. The van der Waals surface area contributed by atoms with Crippen molar-refractivity contribution < 1.29 is 4.39 Å². The molecule has 1 aromatic heterocycles. The Bertz CT molecular complexity index is 789. The third kappa shape index (κ3) is 2.48. The number of nitrogens with zero attached hydrogens (tertiary/aromatic N) is 3. The van der Waals surface area contributed by atoms with Gasteiger partial charge in [-0.25, -0.2) is 4.39 Å². The van der Waals surface area contributed by atoms with Gasteiger partial charge in [0.05, 0.1) is 11.8 Å². The topological polar surface area (TPSA) is 67.8 Å². The fraction of sp³-hybridized carbons (Fsp3) is 0.0833. The zero-order valence-corrected chi connectivity index (χ0v) is 11.1. The van der Waals surface area contributed by atoms with Crippen LogP contribution in [-0.2, 0) is 6.54 Å². The predicted octanol–water partition coefficient (Wildman–Crippen LogP) is 1.42. The second kappa shape index (κ2) is 5.20. The maximum Gasteiger partial charge on any atom is 0.321 e. The fourth-order valence-electron chi connectivity index (χ4n) is 1.58. The first-order valence-corrected chi connectivity index (χ1v) is 5.98. The molecule has 0 N–H and O–H groups in total. The van der Waals surface area contributed by atoms with Gasteiger partial charge in [0.1, 0.15) is 12.4 Å². The minimum Gasteiger partial charge on any atom is -0.295 e. The Morgan fingerprint density at radius 1 is 1.26 bits per heavy atom. The molecular formula is C12H7BrFN3O2. The minimum absolute atomic E-state index is 0.0191. The lowest BCUT2D eigenvalue weighted by Crippen LogP contribution is -2.40. The highest BCUT2D eigenvalue weighted by atomic mass is 79.9. The van der Waals surface area contributed by atoms with Gasteiger partial charge in [0, 0.05) is 16.9 Å². The van der Waals surface area contributed by atoms with Gasteiger partial charge in [-0.15, -0.1) is 0 Å². The van der Waals surface area contributed by atoms with Gasteiger partial charge in [0.2, 0.25) is 0 Å². The van der Waals surface area contributed by atoms with Gasteiger partial charge in [0.25, 0.3) is 0 Å². The lowest BCUT2D eigenvalue weighted by atomic mass is 10.3. The van der Waals surface area contributed by atoms with Crippen molar-refractivity contribution in [2.45, 2.75) is 6.54 Å². The maximum atomic E-state index is 13.7. The number of hydrogen-bond acceptors (Lipinski definition) is 3. The van der Waals surface area contributed by atoms with E-state index in [-0.39, 0.29) is 12.2 Å². The van der Waals surface area contributed by atoms with Gasteiger partial charge in [0.15, 0.2) is 0 Å². The Kier molecular flexibility index (Phi) is 3.62. The standard InChI is InChI=1S/C12H7BrFN3O2/c13-8-1-2-10(9(14)7-8)17-6-5-16(4-3-15)11(18)12(17)19/h1-2,5-7H,4H2. The maximum absolute atomic E-state index is 13.7. The van der Waals surface area contributed by atoms with E-state index in [0.717, 1.165) is 9.13 Å². The first-order chi connectivity index (χ1) is 9.04. The Morgan fingerprint density at radius 2 is 2.00 bits per heavy atom. The lowest BCUT2D eigenvalue weighted by molar-refractivity contribution is 0.611. The van der Waals surface area contributed by atoms with E-state index in [0.29, 0.717) is 4.47 Å². The van der Waals surface area contributed by atoms with Crippen LogP contribution in [0.5, 0.6) is 0 Å². The van der Waals surface area contributed by atoms with E-state index in [2.05, 4.69) is 15.9 Å². The number of nitriles is 1. The summed E-state index contributed by atoms with van der Waals surface area (Å²) < 4.78 is 16.2. The Balaban J connectivity index is 2.65. The Labute approximate surface area is 115 Å². The Morgan fingerprint density at radius 3 is 2.63 bits per heavy atom. The molecule has 96 valence electrons. The molecule has 1 heterocycles. The van der Waals surface area contributed by atoms with Crippen molar-refractivity contribution in [2.24, 2.45) is 0 Å². The van der Waals surface area contributed by atoms with Crippen molar-refractivity contribution in [2.75, 3.05) is 0 Å². The zero-order valence-electron chi connectivity index (χ0n) is 9.51. The molecular weight excluding hydrogens is 317 g/mol. The predicted molar refractivity (Wildman–Crippen MR) is 69.6 cm³/mol. The van der Waals surface area contributed by atoms with Crippen LogP contribution in [0.3, 0.4) is 0 Å². The summed E-state index contributed by atoms with van der Waals surface area (Å²) in [5.74, 6) is -0.631. The molecule has 1 aromatic carbocycles. The smallest absolute Gasteiger partial charge is 0.295 e. The van der Waals surface area contributed by atoms with Crippen LogP contribution in [0.4, 0.5) is 4.39 Å². The van der Waals surface area contributed by atoms with Crippen LogP contribution in [0, 0.1) is 17.1 Å². The molecule has 0 spiro atoms. The van der Waals surface area contributed by atoms with Crippen LogP contribution >= 0.6 is 15.9 Å². The van der Waals surface area contributed by atoms with Gasteiger partial charge in [-0.3, -0.25) is 18.7 Å². The molecule has 0 aliphatic heterocycles. The van der Waals surface area contributed by atoms with E-state index in [9.17, 15) is 14.0 Å². The molecule has 0 aliphatic rings. The molecule has 2 aromatic rings. The second-order valence-corrected chi connectivity index (χ2v) is 4.58. The summed E-state index contributed by atoms with van der Waals surface area (Å²) in [6.07, 6.45) is 2.53. The summed E-state index contributed by atoms with van der Waals surface area (Å²) in [5, 5.41) is 8.51. The van der Waals surface area contributed by atoms with Crippen molar-refractivity contribution in [1.82, 2.24) is 9.13 Å². The van der Waals surface area contributed by atoms with Crippen molar-refractivity contribution in [1.29, 1.82) is 5.26 Å². The highest BCUT2D eigenvalue weighted by Gasteiger charge is 2.10. The molecule has 0 aliphatic carbocycles. The zero-order chi connectivity index (χ0) is 14.0. The normalized spacial score (nSPS) is 10.2. The molecule has 0 radical (unpaired) electrons. The quantitative estimate of drug-likeness (QED) is 0.785. The first-order valence-electron chi connectivity index (χ1n) is 5.19. The minimum atomic E-state index is -0.904. The fourth-order valence-corrected chi connectivity index (χ4v) is 1.91. The molecule has 0 saturated heterocycles. The van der Waals surface area contributed by atoms with Crippen LogP contribution in [0.15, 0.2) is 44.7 Å². The number of halogens is 2. The molecule has 0 bridgehead atoms. The number of rotatable bonds is 2. The van der Waals surface area contributed by atoms with E-state index >= 15 is 0 Å². The summed E-state index contributed by atoms with van der Waals surface area (Å²) in [6, 6.07) is 5.91. The number of aromatic nitrogens is 2. The van der Waals surface area contributed by atoms with Crippen molar-refractivity contribution in [3.63, 3.8) is 0 Å². The number of benzene rings is 1. The monoisotopic (exact) mass is 323 g/mol. The molecule has 0 fully saturated rings. The van der Waals surface area contributed by atoms with E-state index in [1.54, 1.807) is 12.1 Å². The SMILES string of the molecule is N#CCn1ccn(-c2ccc(Br)cc2F)c(=O)c1=O.